The number of rotatable bonds is 3. The second-order valence-electron chi connectivity index (χ2n) is 9.74. The Morgan fingerprint density at radius 2 is 1.73 bits per heavy atom. The van der Waals surface area contributed by atoms with E-state index in [9.17, 15) is 10.2 Å². The first-order valence-electron chi connectivity index (χ1n) is 11.9. The van der Waals surface area contributed by atoms with Crippen molar-refractivity contribution in [1.29, 1.82) is 0 Å². The molecule has 33 heavy (non-hydrogen) atoms. The van der Waals surface area contributed by atoms with E-state index in [4.69, 9.17) is 4.74 Å². The van der Waals surface area contributed by atoms with Gasteiger partial charge in [-0.05, 0) is 24.3 Å². The van der Waals surface area contributed by atoms with E-state index in [1.807, 2.05) is 43.6 Å². The number of para-hydroxylation sites is 1. The predicted octanol–water partition coefficient (Wildman–Crippen LogP) is 4.72. The first kappa shape index (κ1) is 20.7. The van der Waals surface area contributed by atoms with Crippen LogP contribution in [0.25, 0.3) is 21.7 Å². The van der Waals surface area contributed by atoms with Crippen molar-refractivity contribution in [2.75, 3.05) is 19.6 Å². The molecule has 2 aliphatic rings. The Morgan fingerprint density at radius 1 is 1.00 bits per heavy atom. The highest BCUT2D eigenvalue weighted by molar-refractivity contribution is 5.90. The van der Waals surface area contributed by atoms with Gasteiger partial charge in [0.2, 0.25) is 0 Å². The van der Waals surface area contributed by atoms with Crippen LogP contribution < -0.4 is 4.74 Å². The number of aromatic nitrogens is 1. The normalized spacial score (nSPS) is 21.2. The summed E-state index contributed by atoms with van der Waals surface area (Å²) in [5.41, 5.74) is 2.67. The van der Waals surface area contributed by atoms with Crippen LogP contribution >= 0.6 is 0 Å². The monoisotopic (exact) mass is 442 g/mol. The van der Waals surface area contributed by atoms with E-state index in [1.54, 1.807) is 0 Å². The molecular weight excluding hydrogens is 412 g/mol. The molecule has 2 unspecified atom stereocenters. The number of ether oxygens (including phenoxy) is 1. The number of piperidine rings is 1. The molecule has 1 saturated heterocycles. The zero-order valence-corrected chi connectivity index (χ0v) is 18.9. The lowest BCUT2D eigenvalue weighted by Gasteiger charge is -2.46. The molecule has 0 radical (unpaired) electrons. The highest BCUT2D eigenvalue weighted by Gasteiger charge is 2.43. The standard InChI is InChI=1S/C28H30N2O3/c1-29-17-23(21-8-4-5-9-24(21)29)26(32)18-30-14-12-28(13-15-30)16-25(31)22-11-10-19-6-2-3-7-20(19)27(22)33-28/h2-11,17,25-26,31-32H,12-16,18H2,1H3. The molecule has 0 amide bonds. The lowest BCUT2D eigenvalue weighted by atomic mass is 9.81. The lowest BCUT2D eigenvalue weighted by Crippen LogP contribution is -2.51. The molecule has 0 saturated carbocycles. The number of nitrogens with zero attached hydrogens (tertiary/aromatic N) is 2. The average molecular weight is 443 g/mol. The van der Waals surface area contributed by atoms with Gasteiger partial charge >= 0.3 is 0 Å². The van der Waals surface area contributed by atoms with E-state index in [2.05, 4.69) is 39.8 Å². The molecule has 1 aromatic heterocycles. The number of benzene rings is 3. The Kier molecular flexibility index (Phi) is 4.94. The highest BCUT2D eigenvalue weighted by Crippen LogP contribution is 2.47. The fourth-order valence-electron chi connectivity index (χ4n) is 5.79. The summed E-state index contributed by atoms with van der Waals surface area (Å²) < 4.78 is 8.77. The molecule has 4 aromatic rings. The zero-order valence-electron chi connectivity index (χ0n) is 18.9. The molecule has 2 atom stereocenters. The fourth-order valence-corrected chi connectivity index (χ4v) is 5.79. The molecule has 6 rings (SSSR count). The molecule has 5 nitrogen and oxygen atoms in total. The number of aliphatic hydroxyl groups is 2. The number of hydrogen-bond donors (Lipinski definition) is 2. The van der Waals surface area contributed by atoms with Gasteiger partial charge in [-0.3, -0.25) is 0 Å². The highest BCUT2D eigenvalue weighted by atomic mass is 16.5. The molecule has 3 aromatic carbocycles. The Hall–Kier alpha value is -2.86. The Morgan fingerprint density at radius 3 is 2.55 bits per heavy atom. The lowest BCUT2D eigenvalue weighted by molar-refractivity contribution is -0.0576. The van der Waals surface area contributed by atoms with Gasteiger partial charge in [0.15, 0.2) is 0 Å². The predicted molar refractivity (Wildman–Crippen MR) is 130 cm³/mol. The van der Waals surface area contributed by atoms with Gasteiger partial charge < -0.3 is 24.4 Å². The van der Waals surface area contributed by atoms with Crippen LogP contribution in [0.4, 0.5) is 0 Å². The zero-order chi connectivity index (χ0) is 22.6. The van der Waals surface area contributed by atoms with E-state index in [0.29, 0.717) is 13.0 Å². The number of likely N-dealkylation sites (tertiary alicyclic amines) is 1. The van der Waals surface area contributed by atoms with Crippen molar-refractivity contribution in [1.82, 2.24) is 9.47 Å². The SMILES string of the molecule is Cn1cc(C(O)CN2CCC3(CC2)CC(O)c2ccc4ccccc4c2O3)c2ccccc21. The number of aliphatic hydroxyl groups excluding tert-OH is 2. The summed E-state index contributed by atoms with van der Waals surface area (Å²) in [6, 6.07) is 20.5. The van der Waals surface area contributed by atoms with Crippen LogP contribution in [0, 0.1) is 0 Å². The third kappa shape index (κ3) is 3.52. The number of aryl methyl sites for hydroxylation is 1. The molecule has 0 bridgehead atoms. The topological polar surface area (TPSA) is 57.9 Å². The van der Waals surface area contributed by atoms with E-state index < -0.39 is 12.2 Å². The minimum Gasteiger partial charge on any atom is -0.486 e. The van der Waals surface area contributed by atoms with Gasteiger partial charge in [0.25, 0.3) is 0 Å². The molecule has 1 spiro atoms. The largest absolute Gasteiger partial charge is 0.486 e. The Labute approximate surface area is 193 Å². The summed E-state index contributed by atoms with van der Waals surface area (Å²) in [6.45, 7) is 2.29. The number of β-amino-alcohol motifs (C(OH)–C–C–N with tert-alkyl or cyclic N) is 1. The minimum absolute atomic E-state index is 0.350. The van der Waals surface area contributed by atoms with Crippen molar-refractivity contribution in [3.05, 3.63) is 78.0 Å². The van der Waals surface area contributed by atoms with Crippen molar-refractivity contribution in [3.8, 4) is 5.75 Å². The summed E-state index contributed by atoms with van der Waals surface area (Å²) in [7, 11) is 2.02. The molecular formula is C28H30N2O3. The molecule has 2 N–H and O–H groups in total. The summed E-state index contributed by atoms with van der Waals surface area (Å²) in [5.74, 6) is 0.844. The van der Waals surface area contributed by atoms with Gasteiger partial charge in [0.05, 0.1) is 12.2 Å². The van der Waals surface area contributed by atoms with Crippen LogP contribution in [0.1, 0.15) is 42.6 Å². The second-order valence-corrected chi connectivity index (χ2v) is 9.74. The molecule has 1 fully saturated rings. The smallest absolute Gasteiger partial charge is 0.133 e. The van der Waals surface area contributed by atoms with E-state index in [0.717, 1.165) is 64.5 Å². The first-order valence-corrected chi connectivity index (χ1v) is 11.9. The van der Waals surface area contributed by atoms with Gasteiger partial charge in [0, 0.05) is 66.7 Å². The number of fused-ring (bicyclic) bond motifs is 4. The summed E-state index contributed by atoms with van der Waals surface area (Å²) in [6.07, 6.45) is 3.31. The minimum atomic E-state index is -0.535. The summed E-state index contributed by atoms with van der Waals surface area (Å²) in [4.78, 5) is 2.33. The van der Waals surface area contributed by atoms with Gasteiger partial charge in [-0.2, -0.15) is 0 Å². The van der Waals surface area contributed by atoms with Crippen LogP contribution in [-0.4, -0.2) is 44.9 Å². The van der Waals surface area contributed by atoms with Crippen LogP contribution in [0.5, 0.6) is 5.75 Å². The third-order valence-corrected chi connectivity index (χ3v) is 7.64. The van der Waals surface area contributed by atoms with Crippen molar-refractivity contribution in [2.45, 2.75) is 37.1 Å². The quantitative estimate of drug-likeness (QED) is 0.482. The van der Waals surface area contributed by atoms with Gasteiger partial charge in [0.1, 0.15) is 11.4 Å². The van der Waals surface area contributed by atoms with Crippen molar-refractivity contribution < 1.29 is 14.9 Å². The first-order chi connectivity index (χ1) is 16.0. The van der Waals surface area contributed by atoms with Gasteiger partial charge in [-0.1, -0.05) is 54.6 Å². The van der Waals surface area contributed by atoms with E-state index in [1.165, 1.54) is 0 Å². The molecule has 3 heterocycles. The maximum absolute atomic E-state index is 11.1. The van der Waals surface area contributed by atoms with Crippen LogP contribution in [0.3, 0.4) is 0 Å². The summed E-state index contributed by atoms with van der Waals surface area (Å²) in [5, 5.41) is 25.3. The van der Waals surface area contributed by atoms with Crippen LogP contribution in [-0.2, 0) is 7.05 Å². The van der Waals surface area contributed by atoms with E-state index >= 15 is 0 Å². The molecule has 5 heteroatoms. The van der Waals surface area contributed by atoms with Crippen LogP contribution in [0.15, 0.2) is 66.9 Å². The maximum Gasteiger partial charge on any atom is 0.133 e. The Balaban J connectivity index is 1.19. The average Bonchev–Trinajstić information content (AvgIpc) is 3.17. The maximum atomic E-state index is 11.1. The van der Waals surface area contributed by atoms with Crippen molar-refractivity contribution >= 4 is 21.7 Å². The number of hydrogen-bond acceptors (Lipinski definition) is 4. The Bertz CT molecular complexity index is 1320. The van der Waals surface area contributed by atoms with Crippen molar-refractivity contribution in [3.63, 3.8) is 0 Å². The van der Waals surface area contributed by atoms with Crippen LogP contribution in [0.2, 0.25) is 0 Å². The second kappa shape index (κ2) is 7.87. The van der Waals surface area contributed by atoms with Gasteiger partial charge in [-0.25, -0.2) is 0 Å². The third-order valence-electron chi connectivity index (χ3n) is 7.64. The molecule has 2 aliphatic heterocycles. The molecule has 0 aliphatic carbocycles. The van der Waals surface area contributed by atoms with Gasteiger partial charge in [-0.15, -0.1) is 0 Å². The molecule has 170 valence electrons. The van der Waals surface area contributed by atoms with Crippen molar-refractivity contribution in [2.24, 2.45) is 7.05 Å². The summed E-state index contributed by atoms with van der Waals surface area (Å²) >= 11 is 0. The fraction of sp³-hybridized carbons (Fsp3) is 0.357. The van der Waals surface area contributed by atoms with E-state index in [-0.39, 0.29) is 5.60 Å².